The molecule has 1 heterocycles. The topological polar surface area (TPSA) is 48.4 Å². The van der Waals surface area contributed by atoms with E-state index < -0.39 is 0 Å². The first-order valence-electron chi connectivity index (χ1n) is 4.52. The van der Waals surface area contributed by atoms with Crippen molar-refractivity contribution < 1.29 is 14.3 Å². The summed E-state index contributed by atoms with van der Waals surface area (Å²) in [5.41, 5.74) is 0.654. The molecule has 0 aliphatic carbocycles. The normalized spacial score (nSPS) is 9.80. The highest BCUT2D eigenvalue weighted by Gasteiger charge is 2.08. The fourth-order valence-corrected chi connectivity index (χ4v) is 1.59. The van der Waals surface area contributed by atoms with Crippen LogP contribution in [-0.2, 0) is 16.0 Å². The average molecular weight is 274 g/mol. The number of hydrogen-bond acceptors (Lipinski definition) is 4. The Bertz CT molecular complexity index is 355. The van der Waals surface area contributed by atoms with E-state index in [0.717, 1.165) is 0 Å². The number of methoxy groups -OCH3 is 1. The summed E-state index contributed by atoms with van der Waals surface area (Å²) in [6, 6.07) is 3.49. The van der Waals surface area contributed by atoms with Gasteiger partial charge in [-0.1, -0.05) is 0 Å². The zero-order valence-corrected chi connectivity index (χ0v) is 10.2. The molecule has 1 aromatic rings. The zero-order valence-electron chi connectivity index (χ0n) is 8.62. The smallest absolute Gasteiger partial charge is 0.311 e. The van der Waals surface area contributed by atoms with Crippen molar-refractivity contribution in [3.05, 3.63) is 22.4 Å². The summed E-state index contributed by atoms with van der Waals surface area (Å²) in [7, 11) is 1.56. The lowest BCUT2D eigenvalue weighted by Crippen LogP contribution is -2.08. The lowest BCUT2D eigenvalue weighted by molar-refractivity contribution is -0.142. The predicted molar refractivity (Wildman–Crippen MR) is 58.8 cm³/mol. The van der Waals surface area contributed by atoms with E-state index >= 15 is 0 Å². The van der Waals surface area contributed by atoms with E-state index in [2.05, 4.69) is 20.9 Å². The van der Waals surface area contributed by atoms with Gasteiger partial charge in [0.1, 0.15) is 4.60 Å². The molecule has 5 heteroatoms. The van der Waals surface area contributed by atoms with Gasteiger partial charge in [0.05, 0.1) is 25.8 Å². The third kappa shape index (κ3) is 3.51. The Labute approximate surface area is 96.7 Å². The van der Waals surface area contributed by atoms with Gasteiger partial charge in [0.2, 0.25) is 0 Å². The van der Waals surface area contributed by atoms with Gasteiger partial charge >= 0.3 is 5.97 Å². The van der Waals surface area contributed by atoms with Crippen molar-refractivity contribution in [1.29, 1.82) is 0 Å². The van der Waals surface area contributed by atoms with Gasteiger partial charge in [0.25, 0.3) is 0 Å². The van der Waals surface area contributed by atoms with E-state index in [1.54, 1.807) is 26.2 Å². The second-order valence-electron chi connectivity index (χ2n) is 2.78. The van der Waals surface area contributed by atoms with Crippen molar-refractivity contribution in [1.82, 2.24) is 4.98 Å². The van der Waals surface area contributed by atoms with Crippen LogP contribution in [-0.4, -0.2) is 24.7 Å². The first-order valence-corrected chi connectivity index (χ1v) is 5.31. The van der Waals surface area contributed by atoms with E-state index in [-0.39, 0.29) is 12.4 Å². The molecule has 0 atom stereocenters. The Balaban J connectivity index is 2.71. The van der Waals surface area contributed by atoms with Crippen molar-refractivity contribution in [2.45, 2.75) is 13.3 Å². The van der Waals surface area contributed by atoms with E-state index in [0.29, 0.717) is 22.7 Å². The van der Waals surface area contributed by atoms with Crippen LogP contribution in [0.5, 0.6) is 5.75 Å². The van der Waals surface area contributed by atoms with Crippen LogP contribution < -0.4 is 4.74 Å². The second-order valence-corrected chi connectivity index (χ2v) is 3.53. The minimum absolute atomic E-state index is 0.177. The van der Waals surface area contributed by atoms with Crippen molar-refractivity contribution in [2.24, 2.45) is 0 Å². The number of esters is 1. The van der Waals surface area contributed by atoms with Crippen LogP contribution in [0.4, 0.5) is 0 Å². The SMILES string of the molecule is CCOC(=O)Cc1ccc(OC)c(Br)n1. The van der Waals surface area contributed by atoms with Crippen molar-refractivity contribution in [2.75, 3.05) is 13.7 Å². The molecule has 0 aliphatic rings. The molecule has 0 aliphatic heterocycles. The average Bonchev–Trinajstić information content (AvgIpc) is 2.18. The van der Waals surface area contributed by atoms with Crippen LogP contribution in [0.25, 0.3) is 0 Å². The monoisotopic (exact) mass is 273 g/mol. The molecule has 1 rings (SSSR count). The van der Waals surface area contributed by atoms with Gasteiger partial charge < -0.3 is 9.47 Å². The number of ether oxygens (including phenoxy) is 2. The highest BCUT2D eigenvalue weighted by atomic mass is 79.9. The molecule has 0 radical (unpaired) electrons. The number of hydrogen-bond donors (Lipinski definition) is 0. The van der Waals surface area contributed by atoms with E-state index in [4.69, 9.17) is 9.47 Å². The van der Waals surface area contributed by atoms with E-state index in [1.807, 2.05) is 0 Å². The van der Waals surface area contributed by atoms with Crippen LogP contribution >= 0.6 is 15.9 Å². The van der Waals surface area contributed by atoms with Crippen molar-refractivity contribution in [3.63, 3.8) is 0 Å². The highest BCUT2D eigenvalue weighted by molar-refractivity contribution is 9.10. The van der Waals surface area contributed by atoms with Gasteiger partial charge in [-0.15, -0.1) is 0 Å². The van der Waals surface area contributed by atoms with Gasteiger partial charge in [-0.3, -0.25) is 4.79 Å². The van der Waals surface area contributed by atoms with Crippen LogP contribution in [0.15, 0.2) is 16.7 Å². The van der Waals surface area contributed by atoms with Gasteiger partial charge in [-0.05, 0) is 35.0 Å². The summed E-state index contributed by atoms with van der Waals surface area (Å²) >= 11 is 3.25. The Hall–Kier alpha value is -1.10. The first-order chi connectivity index (χ1) is 7.17. The van der Waals surface area contributed by atoms with Gasteiger partial charge in [-0.25, -0.2) is 4.98 Å². The lowest BCUT2D eigenvalue weighted by Gasteiger charge is -2.05. The number of nitrogens with zero attached hydrogens (tertiary/aromatic N) is 1. The molecule has 0 aromatic carbocycles. The van der Waals surface area contributed by atoms with Crippen LogP contribution in [0.3, 0.4) is 0 Å². The van der Waals surface area contributed by atoms with E-state index in [9.17, 15) is 4.79 Å². The Morgan fingerprint density at radius 2 is 2.27 bits per heavy atom. The molecular formula is C10H12BrNO3. The molecule has 0 unspecified atom stereocenters. The van der Waals surface area contributed by atoms with Gasteiger partial charge in [-0.2, -0.15) is 0 Å². The minimum atomic E-state index is -0.276. The number of aromatic nitrogens is 1. The molecule has 82 valence electrons. The molecule has 0 fully saturated rings. The predicted octanol–water partition coefficient (Wildman–Crippen LogP) is 1.96. The fourth-order valence-electron chi connectivity index (χ4n) is 1.07. The standard InChI is InChI=1S/C10H12BrNO3/c1-3-15-9(13)6-7-4-5-8(14-2)10(11)12-7/h4-5H,3,6H2,1-2H3. The number of halogens is 1. The maximum Gasteiger partial charge on any atom is 0.311 e. The number of rotatable bonds is 4. The summed E-state index contributed by atoms with van der Waals surface area (Å²) in [4.78, 5) is 15.3. The molecule has 0 N–H and O–H groups in total. The summed E-state index contributed by atoms with van der Waals surface area (Å²) in [5.74, 6) is 0.365. The minimum Gasteiger partial charge on any atom is -0.494 e. The summed E-state index contributed by atoms with van der Waals surface area (Å²) < 4.78 is 10.4. The Morgan fingerprint density at radius 1 is 1.53 bits per heavy atom. The number of carbonyl (C=O) groups excluding carboxylic acids is 1. The largest absolute Gasteiger partial charge is 0.494 e. The van der Waals surface area contributed by atoms with Crippen molar-refractivity contribution in [3.8, 4) is 5.75 Å². The lowest BCUT2D eigenvalue weighted by atomic mass is 10.3. The summed E-state index contributed by atoms with van der Waals surface area (Å²) in [5, 5.41) is 0. The number of pyridine rings is 1. The highest BCUT2D eigenvalue weighted by Crippen LogP contribution is 2.22. The third-order valence-electron chi connectivity index (χ3n) is 1.72. The zero-order chi connectivity index (χ0) is 11.3. The number of carbonyl (C=O) groups is 1. The molecule has 0 spiro atoms. The second kappa shape index (κ2) is 5.70. The maximum absolute atomic E-state index is 11.2. The first kappa shape index (κ1) is 12.0. The Morgan fingerprint density at radius 3 is 2.80 bits per heavy atom. The van der Waals surface area contributed by atoms with Crippen LogP contribution in [0.1, 0.15) is 12.6 Å². The Kier molecular flexibility index (Phi) is 4.55. The molecule has 0 bridgehead atoms. The molecule has 1 aromatic heterocycles. The molecule has 0 saturated heterocycles. The van der Waals surface area contributed by atoms with Crippen molar-refractivity contribution >= 4 is 21.9 Å². The maximum atomic E-state index is 11.2. The third-order valence-corrected chi connectivity index (χ3v) is 2.29. The van der Waals surface area contributed by atoms with Crippen LogP contribution in [0, 0.1) is 0 Å². The molecule has 0 saturated carbocycles. The summed E-state index contributed by atoms with van der Waals surface area (Å²) in [6.45, 7) is 2.16. The van der Waals surface area contributed by atoms with Crippen LogP contribution in [0.2, 0.25) is 0 Å². The molecule has 4 nitrogen and oxygen atoms in total. The van der Waals surface area contributed by atoms with Gasteiger partial charge in [0, 0.05) is 0 Å². The molecule has 0 amide bonds. The summed E-state index contributed by atoms with van der Waals surface area (Å²) in [6.07, 6.45) is 0.177. The molecular weight excluding hydrogens is 262 g/mol. The van der Waals surface area contributed by atoms with Gasteiger partial charge in [0.15, 0.2) is 5.75 Å². The molecule has 15 heavy (non-hydrogen) atoms. The fraction of sp³-hybridized carbons (Fsp3) is 0.400. The quantitative estimate of drug-likeness (QED) is 0.622. The van der Waals surface area contributed by atoms with E-state index in [1.165, 1.54) is 0 Å².